The van der Waals surface area contributed by atoms with Crippen molar-refractivity contribution in [1.82, 2.24) is 14.5 Å². The van der Waals surface area contributed by atoms with Crippen molar-refractivity contribution in [2.24, 2.45) is 0 Å². The third-order valence-electron chi connectivity index (χ3n) is 3.17. The van der Waals surface area contributed by atoms with E-state index in [1.165, 1.54) is 11.1 Å². The van der Waals surface area contributed by atoms with E-state index in [0.717, 1.165) is 23.4 Å². The lowest BCUT2D eigenvalue weighted by atomic mass is 10.1. The summed E-state index contributed by atoms with van der Waals surface area (Å²) in [5.74, 6) is 1.28. The van der Waals surface area contributed by atoms with Gasteiger partial charge in [-0.2, -0.15) is 0 Å². The number of imidazole rings is 1. The standard InChI is InChI=1S/C15H14ClN3/c1-11-3-2-4-12(7-11)10-19-14-5-6-17-9-13(14)18-15(19)8-16/h2-7,9H,8,10H2,1H3. The summed E-state index contributed by atoms with van der Waals surface area (Å²) < 4.78 is 2.15. The Kier molecular flexibility index (Phi) is 3.22. The van der Waals surface area contributed by atoms with Crippen LogP contribution in [0.4, 0.5) is 0 Å². The second-order valence-corrected chi connectivity index (χ2v) is 4.87. The average Bonchev–Trinajstić information content (AvgIpc) is 2.77. The maximum Gasteiger partial charge on any atom is 0.125 e. The minimum absolute atomic E-state index is 0.403. The lowest BCUT2D eigenvalue weighted by Gasteiger charge is -2.08. The third-order valence-corrected chi connectivity index (χ3v) is 3.41. The molecule has 0 aliphatic heterocycles. The Balaban J connectivity index is 2.08. The summed E-state index contributed by atoms with van der Waals surface area (Å²) in [6.07, 6.45) is 3.56. The fourth-order valence-corrected chi connectivity index (χ4v) is 2.51. The van der Waals surface area contributed by atoms with Gasteiger partial charge in [0, 0.05) is 12.7 Å². The molecule has 0 bridgehead atoms. The van der Waals surface area contributed by atoms with Crippen molar-refractivity contribution in [3.8, 4) is 0 Å². The number of hydrogen-bond acceptors (Lipinski definition) is 2. The van der Waals surface area contributed by atoms with Crippen LogP contribution in [-0.4, -0.2) is 14.5 Å². The molecule has 96 valence electrons. The van der Waals surface area contributed by atoms with Crippen LogP contribution in [0.5, 0.6) is 0 Å². The molecule has 0 saturated heterocycles. The van der Waals surface area contributed by atoms with Crippen molar-refractivity contribution in [2.75, 3.05) is 0 Å². The molecule has 1 aromatic carbocycles. The monoisotopic (exact) mass is 271 g/mol. The zero-order chi connectivity index (χ0) is 13.2. The summed E-state index contributed by atoms with van der Waals surface area (Å²) in [6, 6.07) is 10.5. The Bertz CT molecular complexity index is 718. The normalized spacial score (nSPS) is 11.1. The molecule has 2 heterocycles. The molecule has 0 amide bonds. The van der Waals surface area contributed by atoms with E-state index < -0.39 is 0 Å². The highest BCUT2D eigenvalue weighted by atomic mass is 35.5. The predicted molar refractivity (Wildman–Crippen MR) is 77.4 cm³/mol. The lowest BCUT2D eigenvalue weighted by molar-refractivity contribution is 0.778. The Labute approximate surface area is 116 Å². The summed E-state index contributed by atoms with van der Waals surface area (Å²) in [7, 11) is 0. The molecule has 0 fully saturated rings. The molecule has 4 heteroatoms. The molecular formula is C15H14ClN3. The third kappa shape index (κ3) is 2.34. The van der Waals surface area contributed by atoms with Crippen molar-refractivity contribution in [3.05, 3.63) is 59.7 Å². The average molecular weight is 272 g/mol. The minimum atomic E-state index is 0.403. The van der Waals surface area contributed by atoms with E-state index >= 15 is 0 Å². The minimum Gasteiger partial charge on any atom is -0.322 e. The molecule has 3 aromatic rings. The molecule has 19 heavy (non-hydrogen) atoms. The molecule has 0 spiro atoms. The summed E-state index contributed by atoms with van der Waals surface area (Å²) in [4.78, 5) is 8.62. The van der Waals surface area contributed by atoms with Gasteiger partial charge in [0.1, 0.15) is 11.3 Å². The Morgan fingerprint density at radius 1 is 1.26 bits per heavy atom. The summed E-state index contributed by atoms with van der Waals surface area (Å²) >= 11 is 6.00. The van der Waals surface area contributed by atoms with Crippen molar-refractivity contribution in [1.29, 1.82) is 0 Å². The Morgan fingerprint density at radius 2 is 2.16 bits per heavy atom. The van der Waals surface area contributed by atoms with Gasteiger partial charge >= 0.3 is 0 Å². The molecule has 0 N–H and O–H groups in total. The van der Waals surface area contributed by atoms with E-state index in [4.69, 9.17) is 11.6 Å². The van der Waals surface area contributed by atoms with Crippen molar-refractivity contribution in [2.45, 2.75) is 19.3 Å². The highest BCUT2D eigenvalue weighted by Crippen LogP contribution is 2.18. The second kappa shape index (κ2) is 5.02. The van der Waals surface area contributed by atoms with Crippen LogP contribution < -0.4 is 0 Å². The number of pyridine rings is 1. The number of aromatic nitrogens is 3. The quantitative estimate of drug-likeness (QED) is 0.683. The van der Waals surface area contributed by atoms with Crippen LogP contribution in [0.15, 0.2) is 42.7 Å². The molecule has 2 aromatic heterocycles. The summed E-state index contributed by atoms with van der Waals surface area (Å²) in [5.41, 5.74) is 4.48. The highest BCUT2D eigenvalue weighted by Gasteiger charge is 2.10. The first-order valence-electron chi connectivity index (χ1n) is 6.18. The summed E-state index contributed by atoms with van der Waals surface area (Å²) in [5, 5.41) is 0. The van der Waals surface area contributed by atoms with Gasteiger partial charge in [0.15, 0.2) is 0 Å². The van der Waals surface area contributed by atoms with Gasteiger partial charge in [0.25, 0.3) is 0 Å². The van der Waals surface area contributed by atoms with Crippen LogP contribution in [-0.2, 0) is 12.4 Å². The largest absolute Gasteiger partial charge is 0.322 e. The number of alkyl halides is 1. The molecule has 0 atom stereocenters. The van der Waals surface area contributed by atoms with Crippen LogP contribution in [0.25, 0.3) is 11.0 Å². The zero-order valence-corrected chi connectivity index (χ0v) is 11.4. The molecule has 0 aliphatic carbocycles. The van der Waals surface area contributed by atoms with Gasteiger partial charge < -0.3 is 4.57 Å². The fraction of sp³-hybridized carbons (Fsp3) is 0.200. The number of aryl methyl sites for hydroxylation is 1. The van der Waals surface area contributed by atoms with E-state index in [1.807, 2.05) is 6.07 Å². The van der Waals surface area contributed by atoms with Crippen molar-refractivity contribution >= 4 is 22.6 Å². The first-order chi connectivity index (χ1) is 9.28. The van der Waals surface area contributed by atoms with Crippen LogP contribution in [0.1, 0.15) is 17.0 Å². The van der Waals surface area contributed by atoms with E-state index in [9.17, 15) is 0 Å². The molecular weight excluding hydrogens is 258 g/mol. The van der Waals surface area contributed by atoms with Crippen LogP contribution in [0.3, 0.4) is 0 Å². The van der Waals surface area contributed by atoms with E-state index in [0.29, 0.717) is 5.88 Å². The molecule has 0 unspecified atom stereocenters. The Hall–Kier alpha value is -1.87. The number of rotatable bonds is 3. The van der Waals surface area contributed by atoms with Crippen LogP contribution in [0, 0.1) is 6.92 Å². The number of hydrogen-bond donors (Lipinski definition) is 0. The Morgan fingerprint density at radius 3 is 2.95 bits per heavy atom. The van der Waals surface area contributed by atoms with Gasteiger partial charge in [-0.05, 0) is 18.6 Å². The molecule has 0 aliphatic rings. The number of nitrogens with zero attached hydrogens (tertiary/aromatic N) is 3. The topological polar surface area (TPSA) is 30.7 Å². The van der Waals surface area contributed by atoms with Gasteiger partial charge in [-0.3, -0.25) is 4.98 Å². The van der Waals surface area contributed by atoms with Gasteiger partial charge in [0.05, 0.1) is 17.6 Å². The lowest BCUT2D eigenvalue weighted by Crippen LogP contribution is -2.03. The smallest absolute Gasteiger partial charge is 0.125 e. The number of halogens is 1. The fourth-order valence-electron chi connectivity index (χ4n) is 2.30. The van der Waals surface area contributed by atoms with Crippen LogP contribution in [0.2, 0.25) is 0 Å². The van der Waals surface area contributed by atoms with Gasteiger partial charge in [0.2, 0.25) is 0 Å². The predicted octanol–water partition coefficient (Wildman–Crippen LogP) is 3.53. The molecule has 3 nitrogen and oxygen atoms in total. The summed E-state index contributed by atoms with van der Waals surface area (Å²) in [6.45, 7) is 2.88. The van der Waals surface area contributed by atoms with E-state index in [2.05, 4.69) is 45.7 Å². The van der Waals surface area contributed by atoms with Crippen LogP contribution >= 0.6 is 11.6 Å². The molecule has 3 rings (SSSR count). The number of fused-ring (bicyclic) bond motifs is 1. The van der Waals surface area contributed by atoms with Crippen molar-refractivity contribution in [3.63, 3.8) is 0 Å². The molecule has 0 radical (unpaired) electrons. The maximum atomic E-state index is 6.00. The van der Waals surface area contributed by atoms with Gasteiger partial charge in [-0.15, -0.1) is 11.6 Å². The van der Waals surface area contributed by atoms with E-state index in [1.54, 1.807) is 12.4 Å². The molecule has 0 saturated carbocycles. The maximum absolute atomic E-state index is 6.00. The highest BCUT2D eigenvalue weighted by molar-refractivity contribution is 6.16. The second-order valence-electron chi connectivity index (χ2n) is 4.60. The first kappa shape index (κ1) is 12.2. The SMILES string of the molecule is Cc1cccc(Cn2c(CCl)nc3cnccc32)c1. The van der Waals surface area contributed by atoms with Gasteiger partial charge in [-0.25, -0.2) is 4.98 Å². The zero-order valence-electron chi connectivity index (χ0n) is 10.7. The number of benzene rings is 1. The first-order valence-corrected chi connectivity index (χ1v) is 6.72. The van der Waals surface area contributed by atoms with Crippen molar-refractivity contribution < 1.29 is 0 Å². The van der Waals surface area contributed by atoms with Gasteiger partial charge in [-0.1, -0.05) is 29.8 Å². The van der Waals surface area contributed by atoms with E-state index in [-0.39, 0.29) is 0 Å².